The molecule has 0 saturated carbocycles. The topological polar surface area (TPSA) is 59.0 Å². The summed E-state index contributed by atoms with van der Waals surface area (Å²) >= 11 is 5.85. The molecule has 5 nitrogen and oxygen atoms in total. The van der Waals surface area contributed by atoms with Crippen molar-refractivity contribution in [1.29, 1.82) is 0 Å². The first-order chi connectivity index (χ1) is 9.65. The van der Waals surface area contributed by atoms with Crippen molar-refractivity contribution < 1.29 is 4.79 Å². The van der Waals surface area contributed by atoms with Crippen molar-refractivity contribution in [3.63, 3.8) is 0 Å². The molecular weight excluding hydrogens is 276 g/mol. The molecule has 0 atom stereocenters. The predicted octanol–water partition coefficient (Wildman–Crippen LogP) is 1.84. The predicted molar refractivity (Wildman–Crippen MR) is 79.9 cm³/mol. The minimum absolute atomic E-state index is 0.0859. The van der Waals surface area contributed by atoms with Crippen LogP contribution in [0.2, 0.25) is 5.02 Å². The van der Waals surface area contributed by atoms with Crippen LogP contribution in [0.25, 0.3) is 0 Å². The molecule has 1 aromatic carbocycles. The third kappa shape index (κ3) is 4.36. The standard InChI is InChI=1S/C14H17ClN4O/c1-19-13(6-8-17-19)5-7-16-10-14(20)18-12-4-2-3-11(15)9-12/h2-4,6,8-9,16H,5,7,10H2,1H3,(H,18,20). The molecule has 2 aromatic rings. The van der Waals surface area contributed by atoms with Gasteiger partial charge in [0.2, 0.25) is 5.91 Å². The Hall–Kier alpha value is -1.85. The summed E-state index contributed by atoms with van der Waals surface area (Å²) in [5, 5.41) is 10.6. The second-order valence-electron chi connectivity index (χ2n) is 4.43. The maximum atomic E-state index is 11.7. The molecule has 0 saturated heterocycles. The van der Waals surface area contributed by atoms with Crippen LogP contribution in [-0.4, -0.2) is 28.8 Å². The van der Waals surface area contributed by atoms with E-state index in [9.17, 15) is 4.79 Å². The zero-order chi connectivity index (χ0) is 14.4. The number of hydrogen-bond acceptors (Lipinski definition) is 3. The van der Waals surface area contributed by atoms with Gasteiger partial charge in [0.15, 0.2) is 0 Å². The van der Waals surface area contributed by atoms with Gasteiger partial charge in [-0.25, -0.2) is 0 Å². The Labute approximate surface area is 122 Å². The van der Waals surface area contributed by atoms with E-state index in [1.165, 1.54) is 0 Å². The van der Waals surface area contributed by atoms with Crippen molar-refractivity contribution in [2.45, 2.75) is 6.42 Å². The molecule has 0 aliphatic carbocycles. The first kappa shape index (κ1) is 14.6. The molecule has 2 N–H and O–H groups in total. The maximum Gasteiger partial charge on any atom is 0.238 e. The fraction of sp³-hybridized carbons (Fsp3) is 0.286. The minimum atomic E-state index is -0.0859. The fourth-order valence-electron chi connectivity index (χ4n) is 1.84. The Kier molecular flexibility index (Phi) is 5.15. The number of benzene rings is 1. The second-order valence-corrected chi connectivity index (χ2v) is 4.87. The van der Waals surface area contributed by atoms with Gasteiger partial charge in [0, 0.05) is 42.6 Å². The highest BCUT2D eigenvalue weighted by atomic mass is 35.5. The van der Waals surface area contributed by atoms with E-state index in [2.05, 4.69) is 15.7 Å². The van der Waals surface area contributed by atoms with E-state index >= 15 is 0 Å². The van der Waals surface area contributed by atoms with Gasteiger partial charge in [-0.2, -0.15) is 5.10 Å². The van der Waals surface area contributed by atoms with E-state index in [0.29, 0.717) is 10.7 Å². The van der Waals surface area contributed by atoms with Gasteiger partial charge >= 0.3 is 0 Å². The van der Waals surface area contributed by atoms with Crippen molar-refractivity contribution >= 4 is 23.2 Å². The smallest absolute Gasteiger partial charge is 0.238 e. The summed E-state index contributed by atoms with van der Waals surface area (Å²) in [7, 11) is 1.90. The van der Waals surface area contributed by atoms with Crippen LogP contribution < -0.4 is 10.6 Å². The first-order valence-electron chi connectivity index (χ1n) is 6.38. The minimum Gasteiger partial charge on any atom is -0.325 e. The van der Waals surface area contributed by atoms with E-state index < -0.39 is 0 Å². The fourth-order valence-corrected chi connectivity index (χ4v) is 2.03. The van der Waals surface area contributed by atoms with Crippen molar-refractivity contribution in [2.24, 2.45) is 7.05 Å². The number of halogens is 1. The normalized spacial score (nSPS) is 10.5. The molecule has 1 aromatic heterocycles. The molecule has 0 aliphatic rings. The Morgan fingerprint density at radius 1 is 1.40 bits per heavy atom. The van der Waals surface area contributed by atoms with Gasteiger partial charge in [-0.1, -0.05) is 17.7 Å². The largest absolute Gasteiger partial charge is 0.325 e. The van der Waals surface area contributed by atoms with Crippen LogP contribution in [0.4, 0.5) is 5.69 Å². The quantitative estimate of drug-likeness (QED) is 0.799. The summed E-state index contributed by atoms with van der Waals surface area (Å²) in [6, 6.07) is 9.05. The number of anilines is 1. The Morgan fingerprint density at radius 3 is 2.95 bits per heavy atom. The number of aromatic nitrogens is 2. The third-order valence-electron chi connectivity index (χ3n) is 2.87. The highest BCUT2D eigenvalue weighted by Gasteiger charge is 2.03. The summed E-state index contributed by atoms with van der Waals surface area (Å²) in [6.45, 7) is 0.993. The highest BCUT2D eigenvalue weighted by molar-refractivity contribution is 6.30. The van der Waals surface area contributed by atoms with Crippen LogP contribution in [0.15, 0.2) is 36.5 Å². The van der Waals surface area contributed by atoms with Crippen LogP contribution >= 0.6 is 11.6 Å². The highest BCUT2D eigenvalue weighted by Crippen LogP contribution is 2.14. The molecule has 2 rings (SSSR count). The molecule has 20 heavy (non-hydrogen) atoms. The van der Waals surface area contributed by atoms with Gasteiger partial charge in [0.05, 0.1) is 6.54 Å². The van der Waals surface area contributed by atoms with Gasteiger partial charge in [0.1, 0.15) is 0 Å². The molecule has 0 fully saturated rings. The molecule has 0 bridgehead atoms. The number of carbonyl (C=O) groups excluding carboxylic acids is 1. The lowest BCUT2D eigenvalue weighted by Gasteiger charge is -2.07. The molecule has 0 spiro atoms. The monoisotopic (exact) mass is 292 g/mol. The summed E-state index contributed by atoms with van der Waals surface area (Å²) < 4.78 is 1.83. The van der Waals surface area contributed by atoms with Crippen LogP contribution in [0.5, 0.6) is 0 Å². The Bertz CT molecular complexity index is 582. The van der Waals surface area contributed by atoms with E-state index in [0.717, 1.165) is 18.7 Å². The zero-order valence-corrected chi connectivity index (χ0v) is 12.0. The van der Waals surface area contributed by atoms with E-state index in [1.54, 1.807) is 30.5 Å². The first-order valence-corrected chi connectivity index (χ1v) is 6.76. The average Bonchev–Trinajstić information content (AvgIpc) is 2.80. The average molecular weight is 293 g/mol. The lowest BCUT2D eigenvalue weighted by atomic mass is 10.3. The number of hydrogen-bond donors (Lipinski definition) is 2. The number of rotatable bonds is 6. The summed E-state index contributed by atoms with van der Waals surface area (Å²) in [5.74, 6) is -0.0859. The van der Waals surface area contributed by atoms with Crippen LogP contribution in [-0.2, 0) is 18.3 Å². The number of nitrogens with zero attached hydrogens (tertiary/aromatic N) is 2. The molecule has 0 unspecified atom stereocenters. The summed E-state index contributed by atoms with van der Waals surface area (Å²) in [5.41, 5.74) is 1.84. The summed E-state index contributed by atoms with van der Waals surface area (Å²) in [4.78, 5) is 11.7. The SMILES string of the molecule is Cn1nccc1CCNCC(=O)Nc1cccc(Cl)c1. The molecule has 1 amide bonds. The number of amides is 1. The van der Waals surface area contributed by atoms with Crippen molar-refractivity contribution in [1.82, 2.24) is 15.1 Å². The molecular formula is C14H17ClN4O. The van der Waals surface area contributed by atoms with E-state index in [1.807, 2.05) is 17.8 Å². The van der Waals surface area contributed by atoms with E-state index in [-0.39, 0.29) is 12.5 Å². The van der Waals surface area contributed by atoms with E-state index in [4.69, 9.17) is 11.6 Å². The maximum absolute atomic E-state index is 11.7. The number of carbonyl (C=O) groups is 1. The Balaban J connectivity index is 1.69. The second kappa shape index (κ2) is 7.07. The third-order valence-corrected chi connectivity index (χ3v) is 3.11. The van der Waals surface area contributed by atoms with Crippen LogP contribution in [0.3, 0.4) is 0 Å². The lowest BCUT2D eigenvalue weighted by Crippen LogP contribution is -2.29. The van der Waals surface area contributed by atoms with Gasteiger partial charge in [-0.05, 0) is 24.3 Å². The van der Waals surface area contributed by atoms with Crippen molar-refractivity contribution in [3.05, 3.63) is 47.2 Å². The molecule has 0 aliphatic heterocycles. The van der Waals surface area contributed by atoms with Crippen molar-refractivity contribution in [3.8, 4) is 0 Å². The number of nitrogens with one attached hydrogen (secondary N) is 2. The van der Waals surface area contributed by atoms with Gasteiger partial charge in [-0.3, -0.25) is 9.48 Å². The molecule has 6 heteroatoms. The van der Waals surface area contributed by atoms with Crippen LogP contribution in [0, 0.1) is 0 Å². The Morgan fingerprint density at radius 2 is 2.25 bits per heavy atom. The van der Waals surface area contributed by atoms with Gasteiger partial charge in [-0.15, -0.1) is 0 Å². The molecule has 1 heterocycles. The van der Waals surface area contributed by atoms with Crippen molar-refractivity contribution in [2.75, 3.05) is 18.4 Å². The van der Waals surface area contributed by atoms with Gasteiger partial charge in [0.25, 0.3) is 0 Å². The van der Waals surface area contributed by atoms with Crippen LogP contribution in [0.1, 0.15) is 5.69 Å². The number of aryl methyl sites for hydroxylation is 1. The zero-order valence-electron chi connectivity index (χ0n) is 11.3. The van der Waals surface area contributed by atoms with Gasteiger partial charge < -0.3 is 10.6 Å². The summed E-state index contributed by atoms with van der Waals surface area (Å²) in [6.07, 6.45) is 2.60. The molecule has 106 valence electrons. The molecule has 0 radical (unpaired) electrons. The lowest BCUT2D eigenvalue weighted by molar-refractivity contribution is -0.115.